The van der Waals surface area contributed by atoms with Crippen molar-refractivity contribution in [3.05, 3.63) is 48.2 Å². The van der Waals surface area contributed by atoms with Crippen LogP contribution in [0.4, 0.5) is 29.5 Å². The molecule has 2 aliphatic heterocycles. The number of likely N-dealkylation sites (N-methyl/N-ethyl adjacent to an activating group) is 1. The molecule has 0 radical (unpaired) electrons. The first-order valence-corrected chi connectivity index (χ1v) is 12.7. The van der Waals surface area contributed by atoms with Crippen LogP contribution in [0.3, 0.4) is 0 Å². The van der Waals surface area contributed by atoms with Gasteiger partial charge in [-0.05, 0) is 62.2 Å². The zero-order valence-corrected chi connectivity index (χ0v) is 20.9. The summed E-state index contributed by atoms with van der Waals surface area (Å²) in [5.74, 6) is -0.255. The highest BCUT2D eigenvalue weighted by molar-refractivity contribution is 7.92. The summed E-state index contributed by atoms with van der Waals surface area (Å²) < 4.78 is 61.8. The van der Waals surface area contributed by atoms with Gasteiger partial charge in [-0.1, -0.05) is 0 Å². The number of hydrogen-bond donors (Lipinski definition) is 1. The molecule has 10 nitrogen and oxygen atoms in total. The first-order valence-electron chi connectivity index (χ1n) is 11.2. The zero-order valence-electron chi connectivity index (χ0n) is 20.1. The summed E-state index contributed by atoms with van der Waals surface area (Å²) in [5.41, 5.74) is -6.23. The maximum atomic E-state index is 13.3. The van der Waals surface area contributed by atoms with Crippen molar-refractivity contribution < 1.29 is 36.0 Å². The number of nitrogens with one attached hydrogen (secondary N) is 1. The van der Waals surface area contributed by atoms with E-state index >= 15 is 0 Å². The summed E-state index contributed by atoms with van der Waals surface area (Å²) in [5, 5.41) is 3.08. The van der Waals surface area contributed by atoms with Crippen LogP contribution in [-0.2, 0) is 26.0 Å². The lowest BCUT2D eigenvalue weighted by Crippen LogP contribution is -2.43. The van der Waals surface area contributed by atoms with E-state index < -0.39 is 43.8 Å². The molecule has 1 aromatic heterocycles. The number of likely N-dealkylation sites (tertiary alicyclic amines) is 1. The van der Waals surface area contributed by atoms with Crippen molar-refractivity contribution in [2.45, 2.75) is 48.8 Å². The Morgan fingerprint density at radius 3 is 2.32 bits per heavy atom. The van der Waals surface area contributed by atoms with Crippen LogP contribution >= 0.6 is 0 Å². The minimum absolute atomic E-state index is 0.00429. The van der Waals surface area contributed by atoms with Crippen molar-refractivity contribution in [1.29, 1.82) is 0 Å². The van der Waals surface area contributed by atoms with Gasteiger partial charge in [-0.3, -0.25) is 9.59 Å². The highest BCUT2D eigenvalue weighted by Crippen LogP contribution is 2.35. The van der Waals surface area contributed by atoms with Crippen molar-refractivity contribution in [3.63, 3.8) is 0 Å². The third-order valence-electron chi connectivity index (χ3n) is 6.45. The lowest BCUT2D eigenvalue weighted by Gasteiger charge is -2.27. The highest BCUT2D eigenvalue weighted by atomic mass is 32.2. The van der Waals surface area contributed by atoms with Gasteiger partial charge in [0.15, 0.2) is 0 Å². The number of alkyl halides is 3. The van der Waals surface area contributed by atoms with E-state index in [1.807, 2.05) is 0 Å². The summed E-state index contributed by atoms with van der Waals surface area (Å²) in [6.45, 7) is 3.68. The van der Waals surface area contributed by atoms with Crippen LogP contribution in [0.5, 0.6) is 0 Å². The fraction of sp³-hybridized carbons (Fsp3) is 0.391. The Balaban J connectivity index is 1.55. The van der Waals surface area contributed by atoms with Gasteiger partial charge in [0.05, 0.1) is 10.6 Å². The number of aromatic nitrogens is 1. The summed E-state index contributed by atoms with van der Waals surface area (Å²) in [6.07, 6.45) is 2.12. The number of amides is 4. The number of rotatable bonds is 6. The topological polar surface area (TPSA) is 120 Å². The highest BCUT2D eigenvalue weighted by Gasteiger charge is 2.52. The van der Waals surface area contributed by atoms with E-state index in [4.69, 9.17) is 0 Å². The van der Waals surface area contributed by atoms with Crippen LogP contribution in [0, 0.1) is 0 Å². The SMILES string of the molecule is CN1CCC(Nc2cc(CN3C(=O)N(c4ccc(S(=O)(=O)C(F)(F)F)cc4)C(=O)C3(C)C)ccn2)C1=O. The number of sulfone groups is 1. The second kappa shape index (κ2) is 9.01. The molecule has 0 spiro atoms. The fourth-order valence-corrected chi connectivity index (χ4v) is 4.97. The second-order valence-corrected chi connectivity index (χ2v) is 11.2. The monoisotopic (exact) mass is 539 g/mol. The van der Waals surface area contributed by atoms with Gasteiger partial charge in [-0.2, -0.15) is 13.2 Å². The molecule has 1 N–H and O–H groups in total. The molecule has 2 aromatic rings. The van der Waals surface area contributed by atoms with Crippen molar-refractivity contribution >= 4 is 39.2 Å². The number of anilines is 2. The predicted octanol–water partition coefficient (Wildman–Crippen LogP) is 2.77. The fourth-order valence-electron chi connectivity index (χ4n) is 4.21. The Bertz CT molecular complexity index is 1360. The molecule has 3 heterocycles. The van der Waals surface area contributed by atoms with Gasteiger partial charge < -0.3 is 15.1 Å². The van der Waals surface area contributed by atoms with Gasteiger partial charge in [-0.25, -0.2) is 23.1 Å². The third-order valence-corrected chi connectivity index (χ3v) is 7.95. The standard InChI is InChI=1S/C23H24F3N5O5S/c1-22(2)20(33)31(15-4-6-16(7-5-15)37(35,36)23(24,25)26)21(34)30(22)13-14-8-10-27-18(12-14)28-17-9-11-29(3)19(17)32/h4-8,10,12,17H,9,11,13H2,1-3H3,(H,27,28). The summed E-state index contributed by atoms with van der Waals surface area (Å²) in [4.78, 5) is 45.5. The molecule has 4 amide bonds. The molecule has 0 saturated carbocycles. The van der Waals surface area contributed by atoms with Gasteiger partial charge >= 0.3 is 11.5 Å². The van der Waals surface area contributed by atoms with Crippen LogP contribution < -0.4 is 10.2 Å². The number of imide groups is 1. The van der Waals surface area contributed by atoms with Gasteiger partial charge in [0, 0.05) is 26.3 Å². The quantitative estimate of drug-likeness (QED) is 0.561. The number of pyridine rings is 1. The molecule has 1 atom stereocenters. The third kappa shape index (κ3) is 4.61. The molecule has 1 unspecified atom stereocenters. The Labute approximate surface area is 211 Å². The maximum absolute atomic E-state index is 13.3. The number of hydrogen-bond acceptors (Lipinski definition) is 7. The lowest BCUT2D eigenvalue weighted by molar-refractivity contribution is -0.127. The first kappa shape index (κ1) is 26.4. The molecule has 14 heteroatoms. The molecular formula is C23H24F3N5O5S. The Hall–Kier alpha value is -3.68. The second-order valence-electron chi connectivity index (χ2n) is 9.31. The van der Waals surface area contributed by atoms with E-state index in [1.54, 1.807) is 24.1 Å². The molecule has 2 aliphatic rings. The van der Waals surface area contributed by atoms with E-state index in [-0.39, 0.29) is 18.1 Å². The van der Waals surface area contributed by atoms with Crippen molar-refractivity contribution in [2.24, 2.45) is 0 Å². The number of nitrogens with zero attached hydrogens (tertiary/aromatic N) is 4. The first-order chi connectivity index (χ1) is 17.1. The Morgan fingerprint density at radius 2 is 1.76 bits per heavy atom. The van der Waals surface area contributed by atoms with Gasteiger partial charge in [0.2, 0.25) is 5.91 Å². The van der Waals surface area contributed by atoms with E-state index in [2.05, 4.69) is 10.3 Å². The predicted molar refractivity (Wildman–Crippen MR) is 126 cm³/mol. The van der Waals surface area contributed by atoms with Crippen LogP contribution in [0.25, 0.3) is 0 Å². The minimum Gasteiger partial charge on any atom is -0.358 e. The lowest BCUT2D eigenvalue weighted by atomic mass is 10.0. The molecular weight excluding hydrogens is 515 g/mol. The molecule has 37 heavy (non-hydrogen) atoms. The number of urea groups is 1. The molecule has 4 rings (SSSR count). The van der Waals surface area contributed by atoms with Crippen LogP contribution in [0.15, 0.2) is 47.5 Å². The Morgan fingerprint density at radius 1 is 1.11 bits per heavy atom. The van der Waals surface area contributed by atoms with Gasteiger partial charge in [-0.15, -0.1) is 0 Å². The van der Waals surface area contributed by atoms with Crippen molar-refractivity contribution in [2.75, 3.05) is 23.8 Å². The average molecular weight is 540 g/mol. The van der Waals surface area contributed by atoms with Crippen LogP contribution in [-0.4, -0.2) is 71.7 Å². The van der Waals surface area contributed by atoms with Crippen molar-refractivity contribution in [3.8, 4) is 0 Å². The smallest absolute Gasteiger partial charge is 0.358 e. The zero-order chi connectivity index (χ0) is 27.3. The summed E-state index contributed by atoms with van der Waals surface area (Å²) in [7, 11) is -3.86. The van der Waals surface area contributed by atoms with Crippen molar-refractivity contribution in [1.82, 2.24) is 14.8 Å². The van der Waals surface area contributed by atoms with Crippen LogP contribution in [0.1, 0.15) is 25.8 Å². The number of carbonyl (C=O) groups is 3. The normalized spacial score (nSPS) is 20.2. The average Bonchev–Trinajstić information content (AvgIpc) is 3.22. The molecule has 1 aromatic carbocycles. The van der Waals surface area contributed by atoms with E-state index in [1.165, 1.54) is 24.9 Å². The number of benzene rings is 1. The molecule has 2 fully saturated rings. The van der Waals surface area contributed by atoms with E-state index in [0.717, 1.165) is 17.0 Å². The summed E-state index contributed by atoms with van der Waals surface area (Å²) >= 11 is 0. The van der Waals surface area contributed by atoms with Gasteiger partial charge in [0.25, 0.3) is 15.7 Å². The molecule has 0 aliphatic carbocycles. The maximum Gasteiger partial charge on any atom is 0.501 e. The molecule has 0 bridgehead atoms. The van der Waals surface area contributed by atoms with Gasteiger partial charge in [0.1, 0.15) is 17.4 Å². The van der Waals surface area contributed by atoms with E-state index in [0.29, 0.717) is 36.5 Å². The largest absolute Gasteiger partial charge is 0.501 e. The molecule has 198 valence electrons. The van der Waals surface area contributed by atoms with E-state index in [9.17, 15) is 36.0 Å². The number of halogens is 3. The number of carbonyl (C=O) groups excluding carboxylic acids is 3. The summed E-state index contributed by atoms with van der Waals surface area (Å²) in [6, 6.07) is 5.56. The molecule has 2 saturated heterocycles. The van der Waals surface area contributed by atoms with Crippen LogP contribution in [0.2, 0.25) is 0 Å². The minimum atomic E-state index is -5.57. The Kier molecular flexibility index (Phi) is 6.42.